The van der Waals surface area contributed by atoms with E-state index in [0.717, 1.165) is 5.56 Å². The van der Waals surface area contributed by atoms with Gasteiger partial charge in [0.15, 0.2) is 0 Å². The second kappa shape index (κ2) is 5.32. The highest BCUT2D eigenvalue weighted by Crippen LogP contribution is 2.17. The molecule has 2 rings (SSSR count). The Bertz CT molecular complexity index is 695. The van der Waals surface area contributed by atoms with Gasteiger partial charge in [-0.15, -0.1) is 0 Å². The minimum absolute atomic E-state index is 0.149. The second-order valence-electron chi connectivity index (χ2n) is 4.13. The van der Waals surface area contributed by atoms with Crippen LogP contribution in [0.2, 0.25) is 5.02 Å². The van der Waals surface area contributed by atoms with Crippen molar-refractivity contribution in [3.63, 3.8) is 0 Å². The molecule has 0 spiro atoms. The van der Waals surface area contributed by atoms with E-state index in [4.69, 9.17) is 11.6 Å². The number of nitrogens with one attached hydrogen (secondary N) is 1. The average Bonchev–Trinajstić information content (AvgIpc) is 2.70. The first kappa shape index (κ1) is 14.0. The number of aryl methyl sites for hydroxylation is 1. The van der Waals surface area contributed by atoms with Gasteiger partial charge >= 0.3 is 0 Å². The molecular formula is C12H14ClN3O2S. The fraction of sp³-hybridized carbons (Fsp3) is 0.250. The van der Waals surface area contributed by atoms with Gasteiger partial charge in [0.05, 0.1) is 11.9 Å². The van der Waals surface area contributed by atoms with E-state index in [0.29, 0.717) is 10.7 Å². The van der Waals surface area contributed by atoms with Gasteiger partial charge in [0.2, 0.25) is 10.0 Å². The molecule has 0 saturated carbocycles. The molecule has 0 aliphatic heterocycles. The summed E-state index contributed by atoms with van der Waals surface area (Å²) >= 11 is 5.98. The third-order valence-electron chi connectivity index (χ3n) is 2.89. The fourth-order valence-corrected chi connectivity index (χ4v) is 3.05. The molecule has 102 valence electrons. The van der Waals surface area contributed by atoms with E-state index >= 15 is 0 Å². The predicted molar refractivity (Wildman–Crippen MR) is 73.4 cm³/mol. The molecule has 0 fully saturated rings. The van der Waals surface area contributed by atoms with Gasteiger partial charge in [-0.1, -0.05) is 29.8 Å². The first-order valence-corrected chi connectivity index (χ1v) is 7.49. The normalized spacial score (nSPS) is 11.7. The maximum Gasteiger partial charge on any atom is 0.244 e. The number of aromatic nitrogens is 2. The Kier molecular flexibility index (Phi) is 3.93. The molecular weight excluding hydrogens is 286 g/mol. The van der Waals surface area contributed by atoms with Crippen molar-refractivity contribution in [2.24, 2.45) is 7.05 Å². The quantitative estimate of drug-likeness (QED) is 0.937. The van der Waals surface area contributed by atoms with Crippen LogP contribution in [0.1, 0.15) is 11.3 Å². The standard InChI is InChI=1S/C12H14ClN3O2S/c1-9-12(8-14-16(9)2)19(17,18)15-7-10-5-3-4-6-11(10)13/h3-6,8,15H,7H2,1-2H3. The van der Waals surface area contributed by atoms with Crippen LogP contribution in [0.3, 0.4) is 0 Å². The molecule has 19 heavy (non-hydrogen) atoms. The zero-order valence-electron chi connectivity index (χ0n) is 10.6. The van der Waals surface area contributed by atoms with Gasteiger partial charge in [-0.05, 0) is 18.6 Å². The lowest BCUT2D eigenvalue weighted by molar-refractivity contribution is 0.580. The van der Waals surface area contributed by atoms with E-state index in [1.54, 1.807) is 32.2 Å². The monoisotopic (exact) mass is 299 g/mol. The molecule has 1 N–H and O–H groups in total. The predicted octanol–water partition coefficient (Wildman–Crippen LogP) is 1.86. The van der Waals surface area contributed by atoms with Crippen molar-refractivity contribution >= 4 is 21.6 Å². The molecule has 5 nitrogen and oxygen atoms in total. The third kappa shape index (κ3) is 2.97. The van der Waals surface area contributed by atoms with E-state index in [9.17, 15) is 8.42 Å². The number of rotatable bonds is 4. The van der Waals surface area contributed by atoms with Crippen LogP contribution >= 0.6 is 11.6 Å². The van der Waals surface area contributed by atoms with Gasteiger partial charge in [-0.3, -0.25) is 4.68 Å². The fourth-order valence-electron chi connectivity index (χ4n) is 1.63. The third-order valence-corrected chi connectivity index (χ3v) is 4.76. The summed E-state index contributed by atoms with van der Waals surface area (Å²) in [5.74, 6) is 0. The average molecular weight is 300 g/mol. The number of hydrogen-bond acceptors (Lipinski definition) is 3. The van der Waals surface area contributed by atoms with Gasteiger partial charge in [0, 0.05) is 18.6 Å². The van der Waals surface area contributed by atoms with Crippen molar-refractivity contribution in [1.29, 1.82) is 0 Å². The molecule has 2 aromatic rings. The van der Waals surface area contributed by atoms with E-state index in [1.807, 2.05) is 6.07 Å². The van der Waals surface area contributed by atoms with Gasteiger partial charge < -0.3 is 0 Å². The zero-order chi connectivity index (χ0) is 14.0. The number of benzene rings is 1. The van der Waals surface area contributed by atoms with E-state index in [1.165, 1.54) is 10.9 Å². The molecule has 0 saturated heterocycles. The van der Waals surface area contributed by atoms with Gasteiger partial charge in [-0.2, -0.15) is 5.10 Å². The van der Waals surface area contributed by atoms with Crippen LogP contribution in [0.15, 0.2) is 35.4 Å². The smallest absolute Gasteiger partial charge is 0.244 e. The van der Waals surface area contributed by atoms with Crippen molar-refractivity contribution in [2.45, 2.75) is 18.4 Å². The van der Waals surface area contributed by atoms with Crippen LogP contribution in [0.25, 0.3) is 0 Å². The van der Waals surface area contributed by atoms with Crippen LogP contribution in [0, 0.1) is 6.92 Å². The molecule has 0 bridgehead atoms. The van der Waals surface area contributed by atoms with Gasteiger partial charge in [0.25, 0.3) is 0 Å². The lowest BCUT2D eigenvalue weighted by Gasteiger charge is -2.07. The van der Waals surface area contributed by atoms with Crippen molar-refractivity contribution in [3.05, 3.63) is 46.7 Å². The molecule has 1 heterocycles. The minimum atomic E-state index is -3.58. The van der Waals surface area contributed by atoms with Crippen molar-refractivity contribution in [3.8, 4) is 0 Å². The summed E-state index contributed by atoms with van der Waals surface area (Å²) in [6.07, 6.45) is 1.34. The van der Waals surface area contributed by atoms with Crippen molar-refractivity contribution < 1.29 is 8.42 Å². The van der Waals surface area contributed by atoms with Crippen LogP contribution in [0.4, 0.5) is 0 Å². The molecule has 0 radical (unpaired) electrons. The Morgan fingerprint density at radius 1 is 1.37 bits per heavy atom. The van der Waals surface area contributed by atoms with Crippen LogP contribution < -0.4 is 4.72 Å². The molecule has 1 aromatic heterocycles. The van der Waals surface area contributed by atoms with E-state index < -0.39 is 10.0 Å². The van der Waals surface area contributed by atoms with Gasteiger partial charge in [-0.25, -0.2) is 13.1 Å². The Morgan fingerprint density at radius 2 is 2.05 bits per heavy atom. The van der Waals surface area contributed by atoms with Crippen LogP contribution in [-0.2, 0) is 23.6 Å². The molecule has 0 atom stereocenters. The summed E-state index contributed by atoms with van der Waals surface area (Å²) in [5, 5.41) is 4.46. The van der Waals surface area contributed by atoms with Crippen LogP contribution in [0.5, 0.6) is 0 Å². The SMILES string of the molecule is Cc1c(S(=O)(=O)NCc2ccccc2Cl)cnn1C. The van der Waals surface area contributed by atoms with E-state index in [2.05, 4.69) is 9.82 Å². The molecule has 0 aliphatic carbocycles. The highest BCUT2D eigenvalue weighted by atomic mass is 35.5. The Morgan fingerprint density at radius 3 is 2.63 bits per heavy atom. The lowest BCUT2D eigenvalue weighted by atomic mass is 10.2. The van der Waals surface area contributed by atoms with Crippen LogP contribution in [-0.4, -0.2) is 18.2 Å². The number of sulfonamides is 1. The van der Waals surface area contributed by atoms with Crippen molar-refractivity contribution in [2.75, 3.05) is 0 Å². The highest BCUT2D eigenvalue weighted by Gasteiger charge is 2.19. The lowest BCUT2D eigenvalue weighted by Crippen LogP contribution is -2.23. The largest absolute Gasteiger partial charge is 0.272 e. The second-order valence-corrected chi connectivity index (χ2v) is 6.28. The number of hydrogen-bond donors (Lipinski definition) is 1. The minimum Gasteiger partial charge on any atom is -0.272 e. The summed E-state index contributed by atoms with van der Waals surface area (Å²) < 4.78 is 28.3. The topological polar surface area (TPSA) is 64.0 Å². The summed E-state index contributed by atoms with van der Waals surface area (Å²) in [7, 11) is -1.88. The highest BCUT2D eigenvalue weighted by molar-refractivity contribution is 7.89. The number of nitrogens with zero attached hydrogens (tertiary/aromatic N) is 2. The Balaban J connectivity index is 2.19. The van der Waals surface area contributed by atoms with E-state index in [-0.39, 0.29) is 11.4 Å². The zero-order valence-corrected chi connectivity index (χ0v) is 12.2. The summed E-state index contributed by atoms with van der Waals surface area (Å²) in [4.78, 5) is 0.182. The maximum atomic E-state index is 12.1. The molecule has 0 aliphatic rings. The summed E-state index contributed by atoms with van der Waals surface area (Å²) in [5.41, 5.74) is 1.32. The molecule has 7 heteroatoms. The molecule has 1 aromatic carbocycles. The molecule has 0 amide bonds. The Hall–Kier alpha value is -1.37. The maximum absolute atomic E-state index is 12.1. The first-order valence-electron chi connectivity index (χ1n) is 5.63. The summed E-state index contributed by atoms with van der Waals surface area (Å²) in [6.45, 7) is 1.85. The Labute approximate surface area is 117 Å². The molecule has 0 unspecified atom stereocenters. The first-order chi connectivity index (χ1) is 8.92. The van der Waals surface area contributed by atoms with Crippen molar-refractivity contribution in [1.82, 2.24) is 14.5 Å². The number of halogens is 1. The summed E-state index contributed by atoms with van der Waals surface area (Å²) in [6, 6.07) is 7.11. The van der Waals surface area contributed by atoms with Gasteiger partial charge in [0.1, 0.15) is 4.90 Å².